The molecule has 1 atom stereocenters. The van der Waals surface area contributed by atoms with Crippen LogP contribution in [0, 0.1) is 6.92 Å². The van der Waals surface area contributed by atoms with Gasteiger partial charge in [-0.1, -0.05) is 52.8 Å². The quantitative estimate of drug-likeness (QED) is 0.497. The van der Waals surface area contributed by atoms with Crippen LogP contribution in [-0.4, -0.2) is 36.8 Å². The fourth-order valence-electron chi connectivity index (χ4n) is 2.97. The molecule has 3 rings (SSSR count). The van der Waals surface area contributed by atoms with E-state index in [2.05, 4.69) is 15.5 Å². The van der Waals surface area contributed by atoms with Crippen LogP contribution in [0.2, 0.25) is 5.02 Å². The first-order valence-electron chi connectivity index (χ1n) is 9.35. The third-order valence-electron chi connectivity index (χ3n) is 4.55. The van der Waals surface area contributed by atoms with Gasteiger partial charge in [-0.3, -0.25) is 14.4 Å². The van der Waals surface area contributed by atoms with Crippen LogP contribution in [0.5, 0.6) is 0 Å². The Balaban J connectivity index is 1.87. The third kappa shape index (κ3) is 5.81. The van der Waals surface area contributed by atoms with Crippen molar-refractivity contribution in [1.82, 2.24) is 10.2 Å². The Morgan fingerprint density at radius 3 is 2.36 bits per heavy atom. The zero-order chi connectivity index (χ0) is 24.6. The molecule has 13 heteroatoms. The van der Waals surface area contributed by atoms with Gasteiger partial charge in [0.15, 0.2) is 0 Å². The van der Waals surface area contributed by atoms with Crippen molar-refractivity contribution >= 4 is 49.7 Å². The van der Waals surface area contributed by atoms with E-state index in [-0.39, 0.29) is 10.8 Å². The molecule has 33 heavy (non-hydrogen) atoms. The molecule has 0 aliphatic rings. The van der Waals surface area contributed by atoms with Gasteiger partial charge in [0.05, 0.1) is 22.5 Å². The van der Waals surface area contributed by atoms with Crippen molar-refractivity contribution in [2.45, 2.75) is 26.1 Å². The summed E-state index contributed by atoms with van der Waals surface area (Å²) >= 11 is 6.70. The average Bonchev–Trinajstić information content (AvgIpc) is 3.16. The van der Waals surface area contributed by atoms with E-state index in [1.807, 2.05) is 31.2 Å². The molecule has 3 aromatic rings. The molecular weight excluding hydrogens is 501 g/mol. The van der Waals surface area contributed by atoms with Crippen molar-refractivity contribution in [2.24, 2.45) is 0 Å². The average molecular weight is 519 g/mol. The lowest BCUT2D eigenvalue weighted by atomic mass is 10.1. The van der Waals surface area contributed by atoms with Crippen molar-refractivity contribution in [3.05, 3.63) is 58.6 Å². The second-order valence-corrected chi connectivity index (χ2v) is 10.4. The Hall–Kier alpha value is -2.70. The third-order valence-corrected chi connectivity index (χ3v) is 7.01. The molecule has 1 amide bonds. The molecule has 2 aromatic carbocycles. The van der Waals surface area contributed by atoms with Gasteiger partial charge in [-0.05, 0) is 32.0 Å². The van der Waals surface area contributed by atoms with Crippen LogP contribution < -0.4 is 9.62 Å². The maximum Gasteiger partial charge on any atom is 0.417 e. The van der Waals surface area contributed by atoms with Crippen LogP contribution in [0.25, 0.3) is 10.6 Å². The highest BCUT2D eigenvalue weighted by Crippen LogP contribution is 2.38. The molecule has 7 nitrogen and oxygen atoms in total. The summed E-state index contributed by atoms with van der Waals surface area (Å²) in [4.78, 5) is 12.8. The maximum absolute atomic E-state index is 13.3. The van der Waals surface area contributed by atoms with Gasteiger partial charge in [-0.25, -0.2) is 8.42 Å². The number of amides is 1. The molecule has 1 N–H and O–H groups in total. The minimum atomic E-state index is -4.80. The zero-order valence-electron chi connectivity index (χ0n) is 17.5. The number of nitrogens with zero attached hydrogens (tertiary/aromatic N) is 3. The number of anilines is 2. The van der Waals surface area contributed by atoms with Gasteiger partial charge in [-0.15, -0.1) is 10.2 Å². The molecule has 0 spiro atoms. The fraction of sp³-hybridized carbons (Fsp3) is 0.250. The summed E-state index contributed by atoms with van der Waals surface area (Å²) in [6.07, 6.45) is -4.01. The monoisotopic (exact) mass is 518 g/mol. The van der Waals surface area contributed by atoms with E-state index >= 15 is 0 Å². The fourth-order valence-corrected chi connectivity index (χ4v) is 5.12. The molecule has 0 radical (unpaired) electrons. The number of carbonyl (C=O) groups excluding carboxylic acids is 1. The smallest absolute Gasteiger partial charge is 0.299 e. The summed E-state index contributed by atoms with van der Waals surface area (Å²) < 4.78 is 65.2. The van der Waals surface area contributed by atoms with E-state index in [0.717, 1.165) is 40.9 Å². The van der Waals surface area contributed by atoms with Crippen LogP contribution in [-0.2, 0) is 21.0 Å². The van der Waals surface area contributed by atoms with Crippen molar-refractivity contribution in [1.29, 1.82) is 0 Å². The molecule has 0 aliphatic carbocycles. The standard InChI is InChI=1S/C20H18ClF3N4O3S2/c1-11-4-6-13(7-5-11)18-26-27-19(32-18)25-17(29)12(2)28(33(3,30)31)14-8-9-16(21)15(10-14)20(22,23)24/h4-10,12H,1-3H3,(H,25,27,29)/t12-/m0/s1. The molecule has 0 fully saturated rings. The first-order chi connectivity index (χ1) is 15.3. The summed E-state index contributed by atoms with van der Waals surface area (Å²) in [5.74, 6) is -0.796. The highest BCUT2D eigenvalue weighted by atomic mass is 35.5. The number of hydrogen-bond donors (Lipinski definition) is 1. The number of nitrogens with one attached hydrogen (secondary N) is 1. The van der Waals surface area contributed by atoms with Crippen LogP contribution in [0.4, 0.5) is 24.0 Å². The molecule has 0 saturated heterocycles. The number of halogens is 4. The summed E-state index contributed by atoms with van der Waals surface area (Å²) in [6, 6.07) is 8.69. The van der Waals surface area contributed by atoms with E-state index in [1.165, 1.54) is 6.92 Å². The van der Waals surface area contributed by atoms with Crippen molar-refractivity contribution in [3.63, 3.8) is 0 Å². The predicted octanol–water partition coefficient (Wildman–Crippen LogP) is 4.98. The van der Waals surface area contributed by atoms with Gasteiger partial charge in [0, 0.05) is 5.56 Å². The lowest BCUT2D eigenvalue weighted by molar-refractivity contribution is -0.137. The van der Waals surface area contributed by atoms with Gasteiger partial charge in [0.2, 0.25) is 21.1 Å². The van der Waals surface area contributed by atoms with E-state index in [9.17, 15) is 26.4 Å². The SMILES string of the molecule is Cc1ccc(-c2nnc(NC(=O)[C@H](C)N(c3ccc(Cl)c(C(F)(F)F)c3)S(C)(=O)=O)s2)cc1. The number of rotatable bonds is 6. The molecular formula is C20H18ClF3N4O3S2. The lowest BCUT2D eigenvalue weighted by Crippen LogP contribution is -2.45. The van der Waals surface area contributed by atoms with Crippen molar-refractivity contribution in [2.75, 3.05) is 15.9 Å². The van der Waals surface area contributed by atoms with E-state index in [1.54, 1.807) is 0 Å². The number of aryl methyl sites for hydroxylation is 1. The minimum absolute atomic E-state index is 0.114. The number of hydrogen-bond acceptors (Lipinski definition) is 6. The predicted molar refractivity (Wildman–Crippen MR) is 122 cm³/mol. The van der Waals surface area contributed by atoms with Crippen LogP contribution in [0.15, 0.2) is 42.5 Å². The summed E-state index contributed by atoms with van der Waals surface area (Å²) in [5, 5.41) is 10.4. The van der Waals surface area contributed by atoms with Gasteiger partial charge in [0.1, 0.15) is 11.0 Å². The molecule has 0 bridgehead atoms. The minimum Gasteiger partial charge on any atom is -0.299 e. The van der Waals surface area contributed by atoms with Crippen molar-refractivity contribution in [3.8, 4) is 10.6 Å². The maximum atomic E-state index is 13.3. The first-order valence-corrected chi connectivity index (χ1v) is 12.4. The highest BCUT2D eigenvalue weighted by molar-refractivity contribution is 7.92. The van der Waals surface area contributed by atoms with Gasteiger partial charge >= 0.3 is 6.18 Å². The van der Waals surface area contributed by atoms with Gasteiger partial charge < -0.3 is 0 Å². The second kappa shape index (κ2) is 9.27. The van der Waals surface area contributed by atoms with Gasteiger partial charge in [0.25, 0.3) is 0 Å². The Labute approximate surface area is 197 Å². The zero-order valence-corrected chi connectivity index (χ0v) is 19.9. The van der Waals surface area contributed by atoms with Gasteiger partial charge in [-0.2, -0.15) is 13.2 Å². The lowest BCUT2D eigenvalue weighted by Gasteiger charge is -2.28. The molecule has 0 aliphatic heterocycles. The number of sulfonamides is 1. The van der Waals surface area contributed by atoms with E-state index in [0.29, 0.717) is 15.4 Å². The second-order valence-electron chi connectivity index (χ2n) is 7.16. The van der Waals surface area contributed by atoms with Crippen LogP contribution >= 0.6 is 22.9 Å². The molecule has 0 saturated carbocycles. The number of benzene rings is 2. The molecule has 1 heterocycles. The number of alkyl halides is 3. The number of carbonyl (C=O) groups is 1. The molecule has 176 valence electrons. The topological polar surface area (TPSA) is 92.3 Å². The first kappa shape index (κ1) is 24.9. The summed E-state index contributed by atoms with van der Waals surface area (Å²) in [6.45, 7) is 3.18. The molecule has 0 unspecified atom stereocenters. The Morgan fingerprint density at radius 2 is 1.79 bits per heavy atom. The van der Waals surface area contributed by atoms with Crippen LogP contribution in [0.1, 0.15) is 18.1 Å². The Bertz CT molecular complexity index is 1280. The number of aromatic nitrogens is 2. The summed E-state index contributed by atoms with van der Waals surface area (Å²) in [5.41, 5.74) is 0.275. The largest absolute Gasteiger partial charge is 0.417 e. The van der Waals surface area contributed by atoms with Crippen LogP contribution in [0.3, 0.4) is 0 Å². The summed E-state index contributed by atoms with van der Waals surface area (Å²) in [7, 11) is -4.14. The highest BCUT2D eigenvalue weighted by Gasteiger charge is 2.36. The Morgan fingerprint density at radius 1 is 1.15 bits per heavy atom. The van der Waals surface area contributed by atoms with E-state index < -0.39 is 38.7 Å². The normalized spacial score (nSPS) is 12.9. The van der Waals surface area contributed by atoms with E-state index in [4.69, 9.17) is 11.6 Å². The Kier molecular flexibility index (Phi) is 7.01. The van der Waals surface area contributed by atoms with Crippen molar-refractivity contribution < 1.29 is 26.4 Å². The molecule has 1 aromatic heterocycles.